The van der Waals surface area contributed by atoms with E-state index in [0.717, 1.165) is 19.3 Å². The molecule has 0 radical (unpaired) electrons. The molecule has 0 aromatic carbocycles. The van der Waals surface area contributed by atoms with Gasteiger partial charge < -0.3 is 20.7 Å². The maximum absolute atomic E-state index is 11.9. The van der Waals surface area contributed by atoms with Gasteiger partial charge in [0.15, 0.2) is 11.2 Å². The number of likely N-dealkylation sites (N-methyl/N-ethyl adjacent to an activating group) is 1. The maximum Gasteiger partial charge on any atom is 0.303 e. The van der Waals surface area contributed by atoms with E-state index in [1.165, 1.54) is 0 Å². The lowest BCUT2D eigenvalue weighted by Crippen LogP contribution is -2.40. The lowest BCUT2D eigenvalue weighted by molar-refractivity contribution is -0.138. The van der Waals surface area contributed by atoms with Crippen LogP contribution in [-0.2, 0) is 4.79 Å². The molecule has 1 fully saturated rings. The number of imidazole rings is 1. The summed E-state index contributed by atoms with van der Waals surface area (Å²) in [4.78, 5) is 33.6. The number of nitrogens with one attached hydrogen (secondary N) is 2. The first-order valence-corrected chi connectivity index (χ1v) is 7.61. The third-order valence-corrected chi connectivity index (χ3v) is 4.56. The lowest BCUT2D eigenvalue weighted by atomic mass is 9.80. The number of aromatic nitrogens is 4. The third-order valence-electron chi connectivity index (χ3n) is 4.56. The summed E-state index contributed by atoms with van der Waals surface area (Å²) in [6, 6.07) is 0.150. The van der Waals surface area contributed by atoms with E-state index in [0.29, 0.717) is 5.65 Å². The van der Waals surface area contributed by atoms with Crippen LogP contribution < -0.4 is 16.6 Å². The fourth-order valence-electron chi connectivity index (χ4n) is 3.50. The fraction of sp³-hybridized carbons (Fsp3) is 0.571. The predicted octanol–water partition coefficient (Wildman–Crippen LogP) is 0.106. The van der Waals surface area contributed by atoms with Gasteiger partial charge in [0.25, 0.3) is 5.56 Å². The normalized spacial score (nSPS) is 24.8. The molecule has 9 nitrogen and oxygen atoms in total. The largest absolute Gasteiger partial charge is 0.481 e. The minimum Gasteiger partial charge on any atom is -0.481 e. The van der Waals surface area contributed by atoms with Gasteiger partial charge in [-0.1, -0.05) is 0 Å². The minimum absolute atomic E-state index is 0.0590. The second-order valence-electron chi connectivity index (χ2n) is 6.01. The van der Waals surface area contributed by atoms with Crippen LogP contribution in [0.4, 0.5) is 5.95 Å². The van der Waals surface area contributed by atoms with E-state index in [4.69, 9.17) is 10.8 Å². The Morgan fingerprint density at radius 2 is 2.35 bits per heavy atom. The van der Waals surface area contributed by atoms with Crippen LogP contribution in [-0.4, -0.2) is 43.7 Å². The number of carbonyl (C=O) groups is 1. The van der Waals surface area contributed by atoms with Crippen molar-refractivity contribution >= 4 is 23.1 Å². The second-order valence-corrected chi connectivity index (χ2v) is 6.01. The maximum atomic E-state index is 11.9. The van der Waals surface area contributed by atoms with E-state index in [1.807, 2.05) is 11.6 Å². The number of nitrogens with zero attached hydrogens (tertiary/aromatic N) is 3. The number of aromatic amines is 1. The van der Waals surface area contributed by atoms with Gasteiger partial charge in [0.2, 0.25) is 5.95 Å². The van der Waals surface area contributed by atoms with Crippen LogP contribution in [0, 0.1) is 5.92 Å². The summed E-state index contributed by atoms with van der Waals surface area (Å²) in [6.45, 7) is 0. The highest BCUT2D eigenvalue weighted by Crippen LogP contribution is 2.35. The van der Waals surface area contributed by atoms with Crippen molar-refractivity contribution in [1.82, 2.24) is 24.8 Å². The Labute approximate surface area is 131 Å². The molecule has 124 valence electrons. The summed E-state index contributed by atoms with van der Waals surface area (Å²) < 4.78 is 1.87. The summed E-state index contributed by atoms with van der Waals surface area (Å²) in [5, 5.41) is 12.2. The third kappa shape index (κ3) is 2.91. The van der Waals surface area contributed by atoms with E-state index in [1.54, 1.807) is 6.33 Å². The van der Waals surface area contributed by atoms with E-state index in [-0.39, 0.29) is 41.4 Å². The van der Waals surface area contributed by atoms with Gasteiger partial charge in [0.1, 0.15) is 0 Å². The molecule has 2 heterocycles. The average molecular weight is 320 g/mol. The molecule has 2 aromatic rings. The first-order valence-electron chi connectivity index (χ1n) is 7.61. The van der Waals surface area contributed by atoms with Crippen LogP contribution in [0.2, 0.25) is 0 Å². The Balaban J connectivity index is 1.92. The number of hydrogen-bond acceptors (Lipinski definition) is 6. The molecule has 2 aromatic heterocycles. The molecule has 0 unspecified atom stereocenters. The summed E-state index contributed by atoms with van der Waals surface area (Å²) >= 11 is 0. The highest BCUT2D eigenvalue weighted by atomic mass is 16.4. The Kier molecular flexibility index (Phi) is 4.03. The molecule has 1 aliphatic carbocycles. The number of nitrogen functional groups attached to an aromatic ring is 1. The van der Waals surface area contributed by atoms with Crippen molar-refractivity contribution in [2.45, 2.75) is 37.8 Å². The molecule has 23 heavy (non-hydrogen) atoms. The smallest absolute Gasteiger partial charge is 0.303 e. The number of H-pyrrole nitrogens is 1. The van der Waals surface area contributed by atoms with Crippen LogP contribution in [0.25, 0.3) is 11.2 Å². The lowest BCUT2D eigenvalue weighted by Gasteiger charge is -2.36. The highest BCUT2D eigenvalue weighted by Gasteiger charge is 2.32. The number of nitrogens with two attached hydrogens (primary N) is 1. The summed E-state index contributed by atoms with van der Waals surface area (Å²) in [5.41, 5.74) is 6.01. The second kappa shape index (κ2) is 5.99. The predicted molar refractivity (Wildman–Crippen MR) is 84.0 cm³/mol. The number of anilines is 1. The van der Waals surface area contributed by atoms with E-state index < -0.39 is 5.97 Å². The van der Waals surface area contributed by atoms with Gasteiger partial charge in [-0.15, -0.1) is 0 Å². The minimum atomic E-state index is -0.766. The number of carboxylic acid groups (broad SMARTS) is 1. The summed E-state index contributed by atoms with van der Waals surface area (Å²) in [5.74, 6) is -0.556. The fourth-order valence-corrected chi connectivity index (χ4v) is 3.50. The number of hydrogen-bond donors (Lipinski definition) is 4. The Morgan fingerprint density at radius 1 is 1.57 bits per heavy atom. The quantitative estimate of drug-likeness (QED) is 0.626. The SMILES string of the molecule is CN[C@H]1C[C@H](CC(=O)O)CC[C@@H]1n1cnc2c(=O)[nH]c(N)nc21. The molecule has 0 saturated heterocycles. The van der Waals surface area contributed by atoms with Gasteiger partial charge in [-0.05, 0) is 32.2 Å². The molecule has 3 atom stereocenters. The molecular formula is C14H20N6O3. The van der Waals surface area contributed by atoms with Crippen molar-refractivity contribution in [2.24, 2.45) is 5.92 Å². The van der Waals surface area contributed by atoms with Gasteiger partial charge in [0, 0.05) is 12.5 Å². The highest BCUT2D eigenvalue weighted by molar-refractivity contribution is 5.70. The van der Waals surface area contributed by atoms with Gasteiger partial charge in [0.05, 0.1) is 12.4 Å². The Bertz CT molecular complexity index is 782. The van der Waals surface area contributed by atoms with Crippen molar-refractivity contribution in [1.29, 1.82) is 0 Å². The van der Waals surface area contributed by atoms with Crippen molar-refractivity contribution in [3.8, 4) is 0 Å². The van der Waals surface area contributed by atoms with Gasteiger partial charge in [-0.2, -0.15) is 4.98 Å². The van der Waals surface area contributed by atoms with Crippen molar-refractivity contribution < 1.29 is 9.90 Å². The molecule has 1 saturated carbocycles. The Morgan fingerprint density at radius 3 is 3.04 bits per heavy atom. The van der Waals surface area contributed by atoms with E-state index in [9.17, 15) is 9.59 Å². The first-order chi connectivity index (χ1) is 11.0. The molecule has 0 amide bonds. The van der Waals surface area contributed by atoms with Gasteiger partial charge >= 0.3 is 5.97 Å². The monoisotopic (exact) mass is 320 g/mol. The molecule has 5 N–H and O–H groups in total. The van der Waals surface area contributed by atoms with Crippen molar-refractivity contribution in [2.75, 3.05) is 12.8 Å². The molecule has 0 bridgehead atoms. The number of carboxylic acids is 1. The number of aliphatic carboxylic acids is 1. The van der Waals surface area contributed by atoms with Crippen LogP contribution in [0.3, 0.4) is 0 Å². The van der Waals surface area contributed by atoms with Gasteiger partial charge in [-0.25, -0.2) is 4.98 Å². The zero-order chi connectivity index (χ0) is 16.6. The van der Waals surface area contributed by atoms with Gasteiger partial charge in [-0.3, -0.25) is 14.6 Å². The van der Waals surface area contributed by atoms with E-state index >= 15 is 0 Å². The summed E-state index contributed by atoms with van der Waals surface area (Å²) in [6.07, 6.45) is 4.15. The van der Waals surface area contributed by atoms with E-state index in [2.05, 4.69) is 20.3 Å². The topological polar surface area (TPSA) is 139 Å². The number of rotatable bonds is 4. The van der Waals surface area contributed by atoms with Crippen LogP contribution in [0.1, 0.15) is 31.7 Å². The number of fused-ring (bicyclic) bond motifs is 1. The first kappa shape index (κ1) is 15.5. The van der Waals surface area contributed by atoms with Crippen molar-refractivity contribution in [3.05, 3.63) is 16.7 Å². The van der Waals surface area contributed by atoms with Crippen LogP contribution >= 0.6 is 0 Å². The standard InChI is InChI=1S/C14H20N6O3/c1-16-8-4-7(5-10(21)22)2-3-9(8)20-6-17-11-12(20)18-14(15)19-13(11)23/h6-9,16H,2-5H2,1H3,(H,21,22)(H3,15,18,19,23)/t7-,8+,9+/m1/s1. The molecule has 1 aliphatic rings. The Hall–Kier alpha value is -2.42. The molecular weight excluding hydrogens is 300 g/mol. The molecule has 3 rings (SSSR count). The van der Waals surface area contributed by atoms with Crippen molar-refractivity contribution in [3.63, 3.8) is 0 Å². The van der Waals surface area contributed by atoms with Crippen LogP contribution in [0.5, 0.6) is 0 Å². The molecule has 0 aliphatic heterocycles. The molecule has 0 spiro atoms. The molecule has 9 heteroatoms. The van der Waals surface area contributed by atoms with Crippen LogP contribution in [0.15, 0.2) is 11.1 Å². The zero-order valence-electron chi connectivity index (χ0n) is 12.8. The summed E-state index contributed by atoms with van der Waals surface area (Å²) in [7, 11) is 1.86. The zero-order valence-corrected chi connectivity index (χ0v) is 12.8. The average Bonchev–Trinajstić information content (AvgIpc) is 2.90.